The maximum Gasteiger partial charge on any atom is 0.294 e. The van der Waals surface area contributed by atoms with Gasteiger partial charge in [-0.3, -0.25) is 9.59 Å². The van der Waals surface area contributed by atoms with Crippen LogP contribution in [0, 0.1) is 5.92 Å². The second-order valence-electron chi connectivity index (χ2n) is 8.81. The molecule has 5 rings (SSSR count). The molecule has 4 heterocycles. The summed E-state index contributed by atoms with van der Waals surface area (Å²) >= 11 is 5.93. The quantitative estimate of drug-likeness (QED) is 0.512. The first-order valence-corrected chi connectivity index (χ1v) is 12.2. The van der Waals surface area contributed by atoms with Crippen LogP contribution in [0.25, 0.3) is 11.0 Å². The van der Waals surface area contributed by atoms with Crippen molar-refractivity contribution in [2.24, 2.45) is 5.92 Å². The Bertz CT molecular complexity index is 1170. The van der Waals surface area contributed by atoms with Gasteiger partial charge < -0.3 is 25.3 Å². The molecular weight excluding hydrogens is 454 g/mol. The van der Waals surface area contributed by atoms with E-state index in [1.54, 1.807) is 12.1 Å². The molecule has 9 heteroatoms. The lowest BCUT2D eigenvalue weighted by atomic mass is 9.93. The normalized spacial score (nSPS) is 17.6. The van der Waals surface area contributed by atoms with Crippen LogP contribution in [0.2, 0.25) is 5.02 Å². The third-order valence-electron chi connectivity index (χ3n) is 6.59. The first kappa shape index (κ1) is 22.8. The molecule has 0 saturated carbocycles. The largest absolute Gasteiger partial charge is 0.449 e. The molecule has 0 spiro atoms. The Hall–Kier alpha value is -2.94. The van der Waals surface area contributed by atoms with Gasteiger partial charge in [0.15, 0.2) is 0 Å². The summed E-state index contributed by atoms with van der Waals surface area (Å²) in [5.74, 6) is 0.0213. The summed E-state index contributed by atoms with van der Waals surface area (Å²) in [4.78, 5) is 33.5. The van der Waals surface area contributed by atoms with Gasteiger partial charge in [-0.25, -0.2) is 4.98 Å². The van der Waals surface area contributed by atoms with Gasteiger partial charge >= 0.3 is 0 Å². The Morgan fingerprint density at radius 3 is 2.41 bits per heavy atom. The van der Waals surface area contributed by atoms with Crippen molar-refractivity contribution in [3.63, 3.8) is 0 Å². The summed E-state index contributed by atoms with van der Waals surface area (Å²) in [5.41, 5.74) is 1.13. The number of nitrogens with one attached hydrogen (secondary N) is 3. The van der Waals surface area contributed by atoms with Crippen LogP contribution in [-0.4, -0.2) is 49.0 Å². The number of aromatic nitrogens is 1. The number of fused-ring (bicyclic) bond motifs is 1. The van der Waals surface area contributed by atoms with E-state index in [-0.39, 0.29) is 23.6 Å². The average Bonchev–Trinajstić information content (AvgIpc) is 3.26. The smallest absolute Gasteiger partial charge is 0.294 e. The molecule has 0 bridgehead atoms. The van der Waals surface area contributed by atoms with E-state index in [9.17, 15) is 9.59 Å². The Labute approximate surface area is 203 Å². The summed E-state index contributed by atoms with van der Waals surface area (Å²) in [6, 6.07) is 10.8. The zero-order valence-corrected chi connectivity index (χ0v) is 19.6. The zero-order chi connectivity index (χ0) is 23.5. The van der Waals surface area contributed by atoms with Crippen LogP contribution in [0.3, 0.4) is 0 Å². The van der Waals surface area contributed by atoms with Crippen molar-refractivity contribution in [2.75, 3.05) is 36.4 Å². The molecule has 0 aliphatic carbocycles. The maximum absolute atomic E-state index is 14.0. The van der Waals surface area contributed by atoms with Gasteiger partial charge in [0.05, 0.1) is 5.02 Å². The molecule has 0 radical (unpaired) electrons. The highest BCUT2D eigenvalue weighted by Gasteiger charge is 2.37. The molecule has 178 valence electrons. The average molecular weight is 482 g/mol. The van der Waals surface area contributed by atoms with E-state index in [1.165, 1.54) is 6.20 Å². The van der Waals surface area contributed by atoms with Crippen LogP contribution in [0.5, 0.6) is 0 Å². The van der Waals surface area contributed by atoms with Gasteiger partial charge in [0.1, 0.15) is 17.1 Å². The maximum atomic E-state index is 14.0. The number of halogens is 1. The standard InChI is InChI=1S/C25H28ClN5O3/c26-17-5-6-21(29-15-17)30-24(32)23-22(19-3-1-2-4-20(19)34-23)31(18-9-13-28-14-10-18)25(33)16-7-11-27-12-8-16/h1-6,15-16,18,27-28H,7-14H2,(H,29,30,32). The molecule has 3 aromatic rings. The molecule has 8 nitrogen and oxygen atoms in total. The van der Waals surface area contributed by atoms with Crippen molar-refractivity contribution in [3.8, 4) is 0 Å². The predicted octanol–water partition coefficient (Wildman–Crippen LogP) is 3.82. The van der Waals surface area contributed by atoms with Crippen molar-refractivity contribution in [1.82, 2.24) is 15.6 Å². The number of nitrogens with zero attached hydrogens (tertiary/aromatic N) is 2. The lowest BCUT2D eigenvalue weighted by Crippen LogP contribution is -2.50. The molecular formula is C25H28ClN5O3. The fourth-order valence-electron chi connectivity index (χ4n) is 4.85. The highest BCUT2D eigenvalue weighted by Crippen LogP contribution is 2.38. The van der Waals surface area contributed by atoms with Gasteiger partial charge in [0, 0.05) is 23.5 Å². The Kier molecular flexibility index (Phi) is 6.80. The number of rotatable bonds is 5. The summed E-state index contributed by atoms with van der Waals surface area (Å²) in [6.07, 6.45) is 4.67. The minimum atomic E-state index is -0.446. The molecule has 0 unspecified atom stereocenters. The summed E-state index contributed by atoms with van der Waals surface area (Å²) in [6.45, 7) is 3.29. The number of carbonyl (C=O) groups excluding carboxylic acids is 2. The Morgan fingerprint density at radius 2 is 1.71 bits per heavy atom. The number of furan rings is 1. The SMILES string of the molecule is O=C(Nc1ccc(Cl)cn1)c1oc2ccccc2c1N(C(=O)C1CCNCC1)C1CCNCC1. The zero-order valence-electron chi connectivity index (χ0n) is 18.9. The molecule has 34 heavy (non-hydrogen) atoms. The van der Waals surface area contributed by atoms with Gasteiger partial charge in [-0.05, 0) is 76.1 Å². The minimum Gasteiger partial charge on any atom is -0.449 e. The number of piperidine rings is 2. The van der Waals surface area contributed by atoms with Gasteiger partial charge in [-0.15, -0.1) is 0 Å². The number of benzene rings is 1. The van der Waals surface area contributed by atoms with E-state index in [1.807, 2.05) is 29.2 Å². The Morgan fingerprint density at radius 1 is 1.00 bits per heavy atom. The third-order valence-corrected chi connectivity index (χ3v) is 6.81. The van der Waals surface area contributed by atoms with Crippen LogP contribution in [0.15, 0.2) is 47.0 Å². The van der Waals surface area contributed by atoms with E-state index in [2.05, 4.69) is 20.9 Å². The second-order valence-corrected chi connectivity index (χ2v) is 9.24. The summed E-state index contributed by atoms with van der Waals surface area (Å²) in [7, 11) is 0. The van der Waals surface area contributed by atoms with Gasteiger partial charge in [0.25, 0.3) is 5.91 Å². The molecule has 2 aliphatic rings. The molecule has 2 aromatic heterocycles. The molecule has 1 aromatic carbocycles. The molecule has 2 fully saturated rings. The number of para-hydroxylation sites is 1. The van der Waals surface area contributed by atoms with E-state index in [0.717, 1.165) is 57.2 Å². The van der Waals surface area contributed by atoms with Crippen LogP contribution in [0.1, 0.15) is 36.2 Å². The number of pyridine rings is 1. The monoisotopic (exact) mass is 481 g/mol. The molecule has 0 atom stereocenters. The third kappa shape index (κ3) is 4.66. The van der Waals surface area contributed by atoms with E-state index < -0.39 is 5.91 Å². The molecule has 3 N–H and O–H groups in total. The summed E-state index contributed by atoms with van der Waals surface area (Å²) < 4.78 is 6.08. The number of hydrogen-bond acceptors (Lipinski definition) is 6. The number of carbonyl (C=O) groups is 2. The highest BCUT2D eigenvalue weighted by atomic mass is 35.5. The second kappa shape index (κ2) is 10.1. The first-order valence-electron chi connectivity index (χ1n) is 11.8. The first-order chi connectivity index (χ1) is 16.6. The van der Waals surface area contributed by atoms with Crippen LogP contribution >= 0.6 is 11.6 Å². The number of anilines is 2. The van der Waals surface area contributed by atoms with Crippen molar-refractivity contribution in [2.45, 2.75) is 31.7 Å². The van der Waals surface area contributed by atoms with E-state index in [0.29, 0.717) is 22.1 Å². The lowest BCUT2D eigenvalue weighted by Gasteiger charge is -2.37. The fourth-order valence-corrected chi connectivity index (χ4v) is 4.96. The summed E-state index contributed by atoms with van der Waals surface area (Å²) in [5, 5.41) is 10.7. The van der Waals surface area contributed by atoms with E-state index in [4.69, 9.17) is 16.0 Å². The van der Waals surface area contributed by atoms with Crippen LogP contribution < -0.4 is 20.9 Å². The van der Waals surface area contributed by atoms with Crippen LogP contribution in [-0.2, 0) is 4.79 Å². The number of amides is 2. The van der Waals surface area contributed by atoms with Crippen molar-refractivity contribution in [3.05, 3.63) is 53.4 Å². The minimum absolute atomic E-state index is 0.00940. The molecule has 2 amide bonds. The van der Waals surface area contributed by atoms with Gasteiger partial charge in [-0.1, -0.05) is 23.7 Å². The van der Waals surface area contributed by atoms with E-state index >= 15 is 0 Å². The van der Waals surface area contributed by atoms with Crippen molar-refractivity contribution >= 4 is 45.9 Å². The number of hydrogen-bond donors (Lipinski definition) is 3. The lowest BCUT2D eigenvalue weighted by molar-refractivity contribution is -0.123. The fraction of sp³-hybridized carbons (Fsp3) is 0.400. The molecule has 2 aliphatic heterocycles. The van der Waals surface area contributed by atoms with Gasteiger partial charge in [-0.2, -0.15) is 0 Å². The highest BCUT2D eigenvalue weighted by molar-refractivity contribution is 6.30. The van der Waals surface area contributed by atoms with Gasteiger partial charge in [0.2, 0.25) is 11.7 Å². The predicted molar refractivity (Wildman–Crippen MR) is 132 cm³/mol. The van der Waals surface area contributed by atoms with Crippen LogP contribution in [0.4, 0.5) is 11.5 Å². The Balaban J connectivity index is 1.58. The topological polar surface area (TPSA) is 99.5 Å². The molecule has 2 saturated heterocycles. The van der Waals surface area contributed by atoms with Crippen molar-refractivity contribution in [1.29, 1.82) is 0 Å². The van der Waals surface area contributed by atoms with Crippen molar-refractivity contribution < 1.29 is 14.0 Å².